The Bertz CT molecular complexity index is 586. The summed E-state index contributed by atoms with van der Waals surface area (Å²) in [6.45, 7) is 0. The zero-order valence-corrected chi connectivity index (χ0v) is 11.9. The van der Waals surface area contributed by atoms with Gasteiger partial charge in [-0.1, -0.05) is 39.1 Å². The van der Waals surface area contributed by atoms with E-state index in [9.17, 15) is 4.79 Å². The quantitative estimate of drug-likeness (QED) is 0.899. The van der Waals surface area contributed by atoms with Gasteiger partial charge in [-0.15, -0.1) is 0 Å². The van der Waals surface area contributed by atoms with Crippen LogP contribution in [-0.2, 0) is 0 Å². The number of carbonyl (C=O) groups excluding carboxylic acids is 1. The van der Waals surface area contributed by atoms with E-state index in [1.165, 1.54) is 12.4 Å². The molecule has 0 unspecified atom stereocenters. The largest absolute Gasteiger partial charge is 0.305 e. The molecular formula is C11H6BrCl2N3O. The van der Waals surface area contributed by atoms with Crippen LogP contribution in [0.5, 0.6) is 0 Å². The first-order valence-corrected chi connectivity index (χ1v) is 6.34. The number of hydrogen-bond donors (Lipinski definition) is 1. The molecule has 2 aromatic rings. The maximum atomic E-state index is 11.9. The van der Waals surface area contributed by atoms with Crippen molar-refractivity contribution < 1.29 is 4.79 Å². The average molecular weight is 347 g/mol. The van der Waals surface area contributed by atoms with E-state index >= 15 is 0 Å². The van der Waals surface area contributed by atoms with Crippen LogP contribution >= 0.6 is 39.1 Å². The molecule has 1 heterocycles. The Morgan fingerprint density at radius 3 is 2.67 bits per heavy atom. The van der Waals surface area contributed by atoms with Crippen molar-refractivity contribution in [1.82, 2.24) is 9.97 Å². The van der Waals surface area contributed by atoms with Crippen LogP contribution in [0.1, 0.15) is 10.4 Å². The molecule has 0 saturated carbocycles. The summed E-state index contributed by atoms with van der Waals surface area (Å²) in [6, 6.07) is 4.90. The van der Waals surface area contributed by atoms with Gasteiger partial charge in [0.25, 0.3) is 5.91 Å². The van der Waals surface area contributed by atoms with Crippen LogP contribution in [0.25, 0.3) is 0 Å². The third kappa shape index (κ3) is 3.41. The number of halogens is 3. The van der Waals surface area contributed by atoms with Gasteiger partial charge in [0.1, 0.15) is 5.15 Å². The minimum absolute atomic E-state index is 0.208. The fraction of sp³-hybridized carbons (Fsp3) is 0. The number of nitrogens with one attached hydrogen (secondary N) is 1. The molecule has 92 valence electrons. The van der Waals surface area contributed by atoms with Crippen LogP contribution in [0.3, 0.4) is 0 Å². The summed E-state index contributed by atoms with van der Waals surface area (Å²) in [5.41, 5.74) is 0.413. The number of hydrogen-bond acceptors (Lipinski definition) is 3. The molecule has 1 aromatic heterocycles. The second-order valence-corrected chi connectivity index (χ2v) is 5.08. The third-order valence-corrected chi connectivity index (χ3v) is 2.83. The Balaban J connectivity index is 2.22. The Labute approximate surface area is 121 Å². The van der Waals surface area contributed by atoms with E-state index in [4.69, 9.17) is 23.2 Å². The third-order valence-electron chi connectivity index (χ3n) is 1.97. The number of amides is 1. The standard InChI is InChI=1S/C11H6BrCl2N3O/c12-7-1-6(2-8(13)3-7)11(18)17-10-5-15-4-9(14)16-10/h1-5H,(H,16,17,18). The van der Waals surface area contributed by atoms with Gasteiger partial charge in [-0.2, -0.15) is 0 Å². The predicted octanol–water partition coefficient (Wildman–Crippen LogP) is 3.80. The van der Waals surface area contributed by atoms with Crippen LogP contribution < -0.4 is 5.32 Å². The van der Waals surface area contributed by atoms with Crippen LogP contribution in [-0.4, -0.2) is 15.9 Å². The van der Waals surface area contributed by atoms with Crippen molar-refractivity contribution in [1.29, 1.82) is 0 Å². The molecule has 0 aliphatic carbocycles. The lowest BCUT2D eigenvalue weighted by Gasteiger charge is -2.05. The number of nitrogens with zero attached hydrogens (tertiary/aromatic N) is 2. The first kappa shape index (κ1) is 13.3. The first-order valence-electron chi connectivity index (χ1n) is 4.79. The van der Waals surface area contributed by atoms with E-state index in [0.29, 0.717) is 10.6 Å². The van der Waals surface area contributed by atoms with Crippen LogP contribution in [0.4, 0.5) is 5.82 Å². The van der Waals surface area contributed by atoms with Crippen LogP contribution in [0.2, 0.25) is 10.2 Å². The van der Waals surface area contributed by atoms with Gasteiger partial charge in [0.15, 0.2) is 5.82 Å². The fourth-order valence-corrected chi connectivity index (χ4v) is 2.28. The highest BCUT2D eigenvalue weighted by Crippen LogP contribution is 2.20. The highest BCUT2D eigenvalue weighted by atomic mass is 79.9. The normalized spacial score (nSPS) is 10.2. The van der Waals surface area contributed by atoms with Crippen molar-refractivity contribution in [3.63, 3.8) is 0 Å². The summed E-state index contributed by atoms with van der Waals surface area (Å²) in [5, 5.41) is 3.25. The molecule has 0 atom stereocenters. The van der Waals surface area contributed by atoms with Gasteiger partial charge in [0.2, 0.25) is 0 Å². The van der Waals surface area contributed by atoms with E-state index in [1.807, 2.05) is 0 Å². The molecule has 1 aromatic carbocycles. The monoisotopic (exact) mass is 345 g/mol. The molecule has 0 bridgehead atoms. The lowest BCUT2D eigenvalue weighted by molar-refractivity contribution is 0.102. The van der Waals surface area contributed by atoms with E-state index in [1.54, 1.807) is 18.2 Å². The smallest absolute Gasteiger partial charge is 0.256 e. The molecule has 7 heteroatoms. The van der Waals surface area contributed by atoms with Crippen molar-refractivity contribution in [2.24, 2.45) is 0 Å². The Morgan fingerprint density at radius 1 is 1.22 bits per heavy atom. The molecule has 0 radical (unpaired) electrons. The zero-order chi connectivity index (χ0) is 13.1. The van der Waals surface area contributed by atoms with Crippen molar-refractivity contribution in [2.45, 2.75) is 0 Å². The molecule has 18 heavy (non-hydrogen) atoms. The maximum absolute atomic E-state index is 11.9. The SMILES string of the molecule is O=C(Nc1cncc(Cl)n1)c1cc(Cl)cc(Br)c1. The summed E-state index contributed by atoms with van der Waals surface area (Å²) >= 11 is 14.8. The highest BCUT2D eigenvalue weighted by molar-refractivity contribution is 9.10. The molecular weight excluding hydrogens is 341 g/mol. The molecule has 0 aliphatic heterocycles. The number of benzene rings is 1. The van der Waals surface area contributed by atoms with Crippen LogP contribution in [0.15, 0.2) is 35.1 Å². The minimum Gasteiger partial charge on any atom is -0.305 e. The van der Waals surface area contributed by atoms with E-state index in [-0.39, 0.29) is 16.9 Å². The van der Waals surface area contributed by atoms with Gasteiger partial charge in [0, 0.05) is 15.1 Å². The molecule has 2 rings (SSSR count). The molecule has 0 fully saturated rings. The predicted molar refractivity (Wildman–Crippen MR) is 74.1 cm³/mol. The lowest BCUT2D eigenvalue weighted by atomic mass is 10.2. The van der Waals surface area contributed by atoms with Gasteiger partial charge in [-0.05, 0) is 18.2 Å². The fourth-order valence-electron chi connectivity index (χ4n) is 1.28. The topological polar surface area (TPSA) is 54.9 Å². The van der Waals surface area contributed by atoms with Crippen molar-refractivity contribution >= 4 is 50.9 Å². The Morgan fingerprint density at radius 2 is 2.00 bits per heavy atom. The second kappa shape index (κ2) is 5.65. The van der Waals surface area contributed by atoms with E-state index in [2.05, 4.69) is 31.2 Å². The summed E-state index contributed by atoms with van der Waals surface area (Å²) < 4.78 is 0.720. The molecule has 1 N–H and O–H groups in total. The molecule has 0 saturated heterocycles. The number of anilines is 1. The van der Waals surface area contributed by atoms with E-state index in [0.717, 1.165) is 4.47 Å². The van der Waals surface area contributed by atoms with Crippen molar-refractivity contribution in [3.05, 3.63) is 50.8 Å². The van der Waals surface area contributed by atoms with Crippen molar-refractivity contribution in [2.75, 3.05) is 5.32 Å². The van der Waals surface area contributed by atoms with E-state index < -0.39 is 0 Å². The van der Waals surface area contributed by atoms with Gasteiger partial charge >= 0.3 is 0 Å². The van der Waals surface area contributed by atoms with Gasteiger partial charge in [-0.3, -0.25) is 9.78 Å². The number of rotatable bonds is 2. The summed E-state index contributed by atoms with van der Waals surface area (Å²) in [4.78, 5) is 19.7. The lowest BCUT2D eigenvalue weighted by Crippen LogP contribution is -2.13. The molecule has 0 aliphatic rings. The second-order valence-electron chi connectivity index (χ2n) is 3.34. The zero-order valence-electron chi connectivity index (χ0n) is 8.82. The molecule has 0 spiro atoms. The maximum Gasteiger partial charge on any atom is 0.256 e. The summed E-state index contributed by atoms with van der Waals surface area (Å²) in [5.74, 6) is -0.0571. The number of aromatic nitrogens is 2. The van der Waals surface area contributed by atoms with Gasteiger partial charge in [0.05, 0.1) is 12.4 Å². The summed E-state index contributed by atoms with van der Waals surface area (Å²) in [6.07, 6.45) is 2.79. The molecule has 1 amide bonds. The average Bonchev–Trinajstić information content (AvgIpc) is 2.27. The van der Waals surface area contributed by atoms with Crippen LogP contribution in [0, 0.1) is 0 Å². The van der Waals surface area contributed by atoms with Gasteiger partial charge in [-0.25, -0.2) is 4.98 Å². The van der Waals surface area contributed by atoms with Crippen molar-refractivity contribution in [3.8, 4) is 0 Å². The summed E-state index contributed by atoms with van der Waals surface area (Å²) in [7, 11) is 0. The highest BCUT2D eigenvalue weighted by Gasteiger charge is 2.09. The number of carbonyl (C=O) groups is 1. The molecule has 4 nitrogen and oxygen atoms in total. The Kier molecular flexibility index (Phi) is 4.16. The first-order chi connectivity index (χ1) is 8.54. The minimum atomic E-state index is -0.338. The van der Waals surface area contributed by atoms with Gasteiger partial charge < -0.3 is 5.32 Å². The Hall–Kier alpha value is -1.17.